The molecular weight excluding hydrogens is 348 g/mol. The van der Waals surface area contributed by atoms with Crippen LogP contribution < -0.4 is 15.4 Å². The molecular formula is C23H32N4O. The van der Waals surface area contributed by atoms with E-state index in [1.807, 2.05) is 19.2 Å². The SMILES string of the molecule is CN=C(NCC(c1cccc(OC)c1)N1CCCC1)NC(C)c1ccccc1. The fourth-order valence-electron chi connectivity index (χ4n) is 3.78. The van der Waals surface area contributed by atoms with Crippen LogP contribution >= 0.6 is 0 Å². The maximum Gasteiger partial charge on any atom is 0.191 e. The smallest absolute Gasteiger partial charge is 0.191 e. The molecule has 28 heavy (non-hydrogen) atoms. The lowest BCUT2D eigenvalue weighted by molar-refractivity contribution is 0.244. The summed E-state index contributed by atoms with van der Waals surface area (Å²) < 4.78 is 5.44. The summed E-state index contributed by atoms with van der Waals surface area (Å²) >= 11 is 0. The standard InChI is InChI=1S/C23H32N4O/c1-18(19-10-5-4-6-11-19)26-23(24-2)25-17-22(27-14-7-8-15-27)20-12-9-13-21(16-20)28-3/h4-6,9-13,16,18,22H,7-8,14-15,17H2,1-3H3,(H2,24,25,26). The maximum atomic E-state index is 5.44. The molecule has 1 fully saturated rings. The highest BCUT2D eigenvalue weighted by molar-refractivity contribution is 5.80. The van der Waals surface area contributed by atoms with E-state index in [4.69, 9.17) is 4.74 Å². The Kier molecular flexibility index (Phi) is 7.31. The molecule has 5 nitrogen and oxygen atoms in total. The predicted octanol–water partition coefficient (Wildman–Crippen LogP) is 3.76. The van der Waals surface area contributed by atoms with E-state index in [1.54, 1.807) is 7.11 Å². The second kappa shape index (κ2) is 10.1. The Bertz CT molecular complexity index is 756. The van der Waals surface area contributed by atoms with Gasteiger partial charge in [0.1, 0.15) is 5.75 Å². The Labute approximate surface area is 168 Å². The van der Waals surface area contributed by atoms with Gasteiger partial charge in [0.05, 0.1) is 19.2 Å². The molecule has 1 heterocycles. The predicted molar refractivity (Wildman–Crippen MR) is 116 cm³/mol. The van der Waals surface area contributed by atoms with Gasteiger partial charge < -0.3 is 15.4 Å². The molecule has 2 unspecified atom stereocenters. The summed E-state index contributed by atoms with van der Waals surface area (Å²) in [6.07, 6.45) is 2.52. The van der Waals surface area contributed by atoms with Gasteiger partial charge in [-0.05, 0) is 56.1 Å². The van der Waals surface area contributed by atoms with Crippen LogP contribution in [0, 0.1) is 0 Å². The van der Waals surface area contributed by atoms with Crippen LogP contribution in [0.5, 0.6) is 5.75 Å². The van der Waals surface area contributed by atoms with Gasteiger partial charge >= 0.3 is 0 Å². The average Bonchev–Trinajstić information content (AvgIpc) is 3.28. The lowest BCUT2D eigenvalue weighted by Crippen LogP contribution is -2.43. The number of nitrogens with zero attached hydrogens (tertiary/aromatic N) is 2. The molecule has 3 rings (SSSR count). The van der Waals surface area contributed by atoms with Crippen LogP contribution in [0.1, 0.15) is 43.0 Å². The molecule has 1 aliphatic rings. The zero-order valence-electron chi connectivity index (χ0n) is 17.2. The Morgan fingerprint density at radius 2 is 1.79 bits per heavy atom. The number of benzene rings is 2. The lowest BCUT2D eigenvalue weighted by atomic mass is 10.0. The lowest BCUT2D eigenvalue weighted by Gasteiger charge is -2.29. The number of rotatable bonds is 7. The van der Waals surface area contributed by atoms with Gasteiger partial charge in [-0.3, -0.25) is 9.89 Å². The van der Waals surface area contributed by atoms with E-state index < -0.39 is 0 Å². The summed E-state index contributed by atoms with van der Waals surface area (Å²) in [7, 11) is 3.54. The summed E-state index contributed by atoms with van der Waals surface area (Å²) in [5.41, 5.74) is 2.52. The van der Waals surface area contributed by atoms with E-state index in [2.05, 4.69) is 69.9 Å². The molecule has 0 spiro atoms. The molecule has 2 N–H and O–H groups in total. The number of hydrogen-bond donors (Lipinski definition) is 2. The van der Waals surface area contributed by atoms with E-state index in [0.717, 1.165) is 31.3 Å². The Morgan fingerprint density at radius 1 is 1.07 bits per heavy atom. The normalized spacial score (nSPS) is 17.2. The second-order valence-electron chi connectivity index (χ2n) is 7.27. The van der Waals surface area contributed by atoms with Crippen LogP contribution in [-0.2, 0) is 0 Å². The van der Waals surface area contributed by atoms with Crippen molar-refractivity contribution in [1.29, 1.82) is 0 Å². The van der Waals surface area contributed by atoms with Gasteiger partial charge in [-0.15, -0.1) is 0 Å². The third-order valence-electron chi connectivity index (χ3n) is 5.40. The molecule has 0 amide bonds. The van der Waals surface area contributed by atoms with Crippen molar-refractivity contribution in [2.24, 2.45) is 4.99 Å². The largest absolute Gasteiger partial charge is 0.497 e. The minimum Gasteiger partial charge on any atom is -0.497 e. The zero-order valence-corrected chi connectivity index (χ0v) is 17.2. The first-order valence-corrected chi connectivity index (χ1v) is 10.1. The van der Waals surface area contributed by atoms with Crippen LogP contribution in [0.25, 0.3) is 0 Å². The molecule has 0 saturated carbocycles. The number of ether oxygens (including phenoxy) is 1. The molecule has 2 aromatic carbocycles. The van der Waals surface area contributed by atoms with Crippen LogP contribution in [0.15, 0.2) is 59.6 Å². The second-order valence-corrected chi connectivity index (χ2v) is 7.27. The number of guanidine groups is 1. The van der Waals surface area contributed by atoms with Crippen molar-refractivity contribution in [2.45, 2.75) is 31.8 Å². The molecule has 150 valence electrons. The van der Waals surface area contributed by atoms with Crippen LogP contribution in [0.3, 0.4) is 0 Å². The molecule has 0 radical (unpaired) electrons. The highest BCUT2D eigenvalue weighted by Crippen LogP contribution is 2.27. The Balaban J connectivity index is 1.68. The van der Waals surface area contributed by atoms with Gasteiger partial charge in [0.25, 0.3) is 0 Å². The highest BCUT2D eigenvalue weighted by Gasteiger charge is 2.24. The van der Waals surface area contributed by atoms with Gasteiger partial charge in [-0.1, -0.05) is 42.5 Å². The van der Waals surface area contributed by atoms with E-state index >= 15 is 0 Å². The highest BCUT2D eigenvalue weighted by atomic mass is 16.5. The van der Waals surface area contributed by atoms with Crippen LogP contribution in [-0.4, -0.2) is 44.7 Å². The molecule has 5 heteroatoms. The Morgan fingerprint density at radius 3 is 2.46 bits per heavy atom. The van der Waals surface area contributed by atoms with E-state index in [9.17, 15) is 0 Å². The first kappa shape index (κ1) is 20.2. The van der Waals surface area contributed by atoms with Crippen molar-refractivity contribution in [3.8, 4) is 5.75 Å². The van der Waals surface area contributed by atoms with Crippen LogP contribution in [0.4, 0.5) is 0 Å². The quantitative estimate of drug-likeness (QED) is 0.567. The average molecular weight is 381 g/mol. The van der Waals surface area contributed by atoms with Crippen molar-refractivity contribution in [2.75, 3.05) is 33.8 Å². The number of nitrogens with one attached hydrogen (secondary N) is 2. The molecule has 2 atom stereocenters. The summed E-state index contributed by atoms with van der Waals surface area (Å²) in [5, 5.41) is 7.04. The first-order chi connectivity index (χ1) is 13.7. The van der Waals surface area contributed by atoms with Crippen molar-refractivity contribution in [1.82, 2.24) is 15.5 Å². The number of hydrogen-bond acceptors (Lipinski definition) is 3. The van der Waals surface area contributed by atoms with Gasteiger partial charge in [0, 0.05) is 13.6 Å². The summed E-state index contributed by atoms with van der Waals surface area (Å²) in [5.74, 6) is 1.73. The third-order valence-corrected chi connectivity index (χ3v) is 5.40. The molecule has 2 aromatic rings. The molecule has 0 bridgehead atoms. The topological polar surface area (TPSA) is 48.9 Å². The minimum atomic E-state index is 0.189. The van der Waals surface area contributed by atoms with Gasteiger partial charge in [0.15, 0.2) is 5.96 Å². The molecule has 1 aliphatic heterocycles. The summed E-state index contributed by atoms with van der Waals surface area (Å²) in [6, 6.07) is 19.3. The monoisotopic (exact) mass is 380 g/mol. The molecule has 0 aliphatic carbocycles. The molecule has 1 saturated heterocycles. The van der Waals surface area contributed by atoms with Gasteiger partial charge in [-0.2, -0.15) is 0 Å². The maximum absolute atomic E-state index is 5.44. The van der Waals surface area contributed by atoms with E-state index in [-0.39, 0.29) is 6.04 Å². The van der Waals surface area contributed by atoms with E-state index in [0.29, 0.717) is 6.04 Å². The van der Waals surface area contributed by atoms with Crippen molar-refractivity contribution >= 4 is 5.96 Å². The third kappa shape index (κ3) is 5.26. The summed E-state index contributed by atoms with van der Waals surface area (Å²) in [4.78, 5) is 6.98. The zero-order chi connectivity index (χ0) is 19.8. The fraction of sp³-hybridized carbons (Fsp3) is 0.435. The number of likely N-dealkylation sites (tertiary alicyclic amines) is 1. The van der Waals surface area contributed by atoms with E-state index in [1.165, 1.54) is 24.0 Å². The van der Waals surface area contributed by atoms with Gasteiger partial charge in [-0.25, -0.2) is 0 Å². The van der Waals surface area contributed by atoms with Gasteiger partial charge in [0.2, 0.25) is 0 Å². The minimum absolute atomic E-state index is 0.189. The Hall–Kier alpha value is -2.53. The van der Waals surface area contributed by atoms with Crippen molar-refractivity contribution in [3.63, 3.8) is 0 Å². The first-order valence-electron chi connectivity index (χ1n) is 10.1. The molecule has 0 aromatic heterocycles. The van der Waals surface area contributed by atoms with Crippen molar-refractivity contribution in [3.05, 3.63) is 65.7 Å². The fourth-order valence-corrected chi connectivity index (χ4v) is 3.78. The van der Waals surface area contributed by atoms with Crippen LogP contribution in [0.2, 0.25) is 0 Å². The number of methoxy groups -OCH3 is 1. The number of aliphatic imine (C=N–C) groups is 1. The van der Waals surface area contributed by atoms with Crippen molar-refractivity contribution < 1.29 is 4.74 Å². The summed E-state index contributed by atoms with van der Waals surface area (Å²) in [6.45, 7) is 5.22.